The standard InChI is InChI=1S/C27H35F5O8S.C10H16N/c1-13(4-7-21(36)40-23(26(28,29)30)27(31,32)41(37,38)39)16-5-6-17-22-18(12-20(35)25(16,17)3)24(2)9-8-15(33)10-14(24)11-19(22)34;1-11(2,3)9-10-7-5-4-6-8-10/h13-14,16-18,22-23H,4-12H2,1-3H3,(H,37,38,39);4-8H,9H2,1-3H3/q;+1/p-1/t13-,14+,16-,17?,18?,22?,23?,24+,25-;/m1./s1. The van der Waals surface area contributed by atoms with Gasteiger partial charge in [0.1, 0.15) is 23.9 Å². The molecule has 9 atom stereocenters. The number of hydrogen-bond acceptors (Lipinski definition) is 8. The molecule has 1 aromatic rings. The van der Waals surface area contributed by atoms with Crippen molar-refractivity contribution >= 4 is 33.4 Å². The van der Waals surface area contributed by atoms with Crippen LogP contribution in [0.1, 0.15) is 84.1 Å². The van der Waals surface area contributed by atoms with Gasteiger partial charge in [0.05, 0.1) is 21.1 Å². The maximum atomic E-state index is 13.8. The number of nitrogens with zero attached hydrogens (tertiary/aromatic N) is 1. The van der Waals surface area contributed by atoms with E-state index in [1.54, 1.807) is 13.8 Å². The first-order valence-electron chi connectivity index (χ1n) is 17.7. The number of rotatable bonds is 9. The lowest BCUT2D eigenvalue weighted by molar-refractivity contribution is -0.884. The number of esters is 1. The van der Waals surface area contributed by atoms with Crippen molar-refractivity contribution in [3.05, 3.63) is 35.9 Å². The zero-order chi connectivity index (χ0) is 39.2. The molecule has 4 fully saturated rings. The van der Waals surface area contributed by atoms with Crippen molar-refractivity contribution in [1.82, 2.24) is 0 Å². The summed E-state index contributed by atoms with van der Waals surface area (Å²) in [6.45, 7) is 6.63. The SMILES string of the molecule is C[C@H](CCC(=O)OC(C(F)(F)F)C(F)(F)S(=O)(=O)[O-])[C@H]1CCC2C3C(=O)C[C@@H]4CC(=O)CC[C@]4(C)C3CC(=O)[C@@]21C.C[N+](C)(C)Cc1ccccc1. The van der Waals surface area contributed by atoms with Crippen LogP contribution in [-0.2, 0) is 40.6 Å². The summed E-state index contributed by atoms with van der Waals surface area (Å²) in [5.41, 5.74) is 0.150. The Balaban J connectivity index is 0.000000470. The van der Waals surface area contributed by atoms with Gasteiger partial charge in [-0.05, 0) is 60.7 Å². The highest BCUT2D eigenvalue weighted by molar-refractivity contribution is 7.86. The van der Waals surface area contributed by atoms with Gasteiger partial charge in [-0.2, -0.15) is 22.0 Å². The van der Waals surface area contributed by atoms with Gasteiger partial charge in [0.15, 0.2) is 10.1 Å². The summed E-state index contributed by atoms with van der Waals surface area (Å²) in [6, 6.07) is 10.6. The summed E-state index contributed by atoms with van der Waals surface area (Å²) < 4.78 is 104. The first kappa shape index (κ1) is 42.0. The van der Waals surface area contributed by atoms with Gasteiger partial charge in [-0.15, -0.1) is 0 Å². The number of Topliss-reactive ketones (excluding diaryl/α,β-unsaturated/α-hetero) is 3. The predicted molar refractivity (Wildman–Crippen MR) is 178 cm³/mol. The van der Waals surface area contributed by atoms with E-state index >= 15 is 0 Å². The number of fused-ring (bicyclic) bond motifs is 5. The van der Waals surface area contributed by atoms with E-state index in [4.69, 9.17) is 0 Å². The van der Waals surface area contributed by atoms with Crippen LogP contribution in [0.2, 0.25) is 0 Å². The first-order chi connectivity index (χ1) is 23.7. The van der Waals surface area contributed by atoms with E-state index in [1.165, 1.54) is 5.56 Å². The number of benzene rings is 1. The van der Waals surface area contributed by atoms with Crippen molar-refractivity contribution in [2.45, 2.75) is 103 Å². The fraction of sp³-hybridized carbons (Fsp3) is 0.730. The second-order valence-corrected chi connectivity index (χ2v) is 18.3. The quantitative estimate of drug-likeness (QED) is 0.121. The van der Waals surface area contributed by atoms with Gasteiger partial charge < -0.3 is 13.8 Å². The van der Waals surface area contributed by atoms with Crippen molar-refractivity contribution in [3.63, 3.8) is 0 Å². The predicted octanol–water partition coefficient (Wildman–Crippen LogP) is 6.49. The van der Waals surface area contributed by atoms with E-state index in [0.717, 1.165) is 11.0 Å². The lowest BCUT2D eigenvalue weighted by Crippen LogP contribution is -2.60. The second kappa shape index (κ2) is 14.8. The molecule has 292 valence electrons. The molecule has 1 aromatic carbocycles. The molecular formula is C37H50F5NO8S. The van der Waals surface area contributed by atoms with Crippen molar-refractivity contribution in [2.75, 3.05) is 21.1 Å². The minimum Gasteiger partial charge on any atom is -0.743 e. The lowest BCUT2D eigenvalue weighted by atomic mass is 9.44. The molecule has 52 heavy (non-hydrogen) atoms. The molecule has 0 bridgehead atoms. The van der Waals surface area contributed by atoms with Crippen molar-refractivity contribution in [1.29, 1.82) is 0 Å². The average Bonchev–Trinajstić information content (AvgIpc) is 3.37. The molecule has 0 saturated heterocycles. The summed E-state index contributed by atoms with van der Waals surface area (Å²) in [7, 11) is -0.189. The maximum absolute atomic E-state index is 13.8. The van der Waals surface area contributed by atoms with Crippen LogP contribution in [0.5, 0.6) is 0 Å². The van der Waals surface area contributed by atoms with Crippen molar-refractivity contribution < 1.29 is 63.3 Å². The van der Waals surface area contributed by atoms with Crippen LogP contribution in [0.15, 0.2) is 30.3 Å². The molecule has 0 amide bonds. The summed E-state index contributed by atoms with van der Waals surface area (Å²) in [5, 5.41) is -5.92. The van der Waals surface area contributed by atoms with Crippen LogP contribution in [0, 0.1) is 46.3 Å². The van der Waals surface area contributed by atoms with Crippen LogP contribution in [0.3, 0.4) is 0 Å². The average molecular weight is 764 g/mol. The van der Waals surface area contributed by atoms with Gasteiger partial charge in [0.2, 0.25) is 0 Å². The van der Waals surface area contributed by atoms with Crippen LogP contribution in [0.25, 0.3) is 0 Å². The maximum Gasteiger partial charge on any atom is 0.432 e. The Bertz CT molecular complexity index is 1630. The summed E-state index contributed by atoms with van der Waals surface area (Å²) in [6.07, 6.45) is -8.53. The number of hydrogen-bond donors (Lipinski definition) is 0. The molecule has 0 heterocycles. The molecule has 4 aliphatic rings. The van der Waals surface area contributed by atoms with E-state index in [2.05, 4.69) is 63.1 Å². The van der Waals surface area contributed by atoms with Crippen molar-refractivity contribution in [3.8, 4) is 0 Å². The number of carbonyl (C=O) groups is 4. The largest absolute Gasteiger partial charge is 0.743 e. The number of alkyl halides is 5. The Kier molecular flexibility index (Phi) is 11.9. The van der Waals surface area contributed by atoms with Crippen LogP contribution >= 0.6 is 0 Å². The lowest BCUT2D eigenvalue weighted by Gasteiger charge is -2.58. The van der Waals surface area contributed by atoms with Gasteiger partial charge >= 0.3 is 17.4 Å². The smallest absolute Gasteiger partial charge is 0.432 e. The molecule has 9 nitrogen and oxygen atoms in total. The molecule has 0 aliphatic heterocycles. The van der Waals surface area contributed by atoms with Gasteiger partial charge in [0.25, 0.3) is 6.10 Å². The van der Waals surface area contributed by atoms with Crippen LogP contribution in [0.4, 0.5) is 22.0 Å². The van der Waals surface area contributed by atoms with E-state index in [0.29, 0.717) is 32.1 Å². The van der Waals surface area contributed by atoms with E-state index in [-0.39, 0.29) is 71.6 Å². The molecule has 0 spiro atoms. The van der Waals surface area contributed by atoms with Gasteiger partial charge in [-0.3, -0.25) is 19.2 Å². The minimum atomic E-state index is -6.79. The van der Waals surface area contributed by atoms with Crippen molar-refractivity contribution in [2.24, 2.45) is 46.3 Å². The zero-order valence-electron chi connectivity index (χ0n) is 30.5. The van der Waals surface area contributed by atoms with Crippen LogP contribution in [-0.4, -0.2) is 79.5 Å². The number of ether oxygens (including phenoxy) is 1. The second-order valence-electron chi connectivity index (χ2n) is 16.8. The van der Waals surface area contributed by atoms with E-state index in [9.17, 15) is 54.1 Å². The number of ketones is 3. The Morgan fingerprint density at radius 3 is 2.15 bits per heavy atom. The summed E-state index contributed by atoms with van der Waals surface area (Å²) >= 11 is 0. The fourth-order valence-electron chi connectivity index (χ4n) is 9.72. The monoisotopic (exact) mass is 763 g/mol. The Morgan fingerprint density at radius 2 is 1.60 bits per heavy atom. The third kappa shape index (κ3) is 8.46. The van der Waals surface area contributed by atoms with Gasteiger partial charge in [-0.25, -0.2) is 8.42 Å². The molecule has 4 aliphatic carbocycles. The van der Waals surface area contributed by atoms with E-state index in [1.807, 2.05) is 0 Å². The topological polar surface area (TPSA) is 135 Å². The number of halogens is 5. The number of quaternary nitrogens is 1. The summed E-state index contributed by atoms with van der Waals surface area (Å²) in [5.74, 6) is -3.35. The zero-order valence-corrected chi connectivity index (χ0v) is 31.3. The van der Waals surface area contributed by atoms with Gasteiger partial charge in [0, 0.05) is 49.0 Å². The highest BCUT2D eigenvalue weighted by Crippen LogP contribution is 2.66. The molecule has 4 saturated carbocycles. The Morgan fingerprint density at radius 1 is 0.981 bits per heavy atom. The molecule has 5 rings (SSSR count). The van der Waals surface area contributed by atoms with E-state index < -0.39 is 51.4 Å². The molecule has 15 heteroatoms. The Labute approximate surface area is 302 Å². The third-order valence-corrected chi connectivity index (χ3v) is 13.3. The molecule has 0 N–H and O–H groups in total. The molecule has 4 unspecified atom stereocenters. The van der Waals surface area contributed by atoms with Crippen LogP contribution < -0.4 is 0 Å². The third-order valence-electron chi connectivity index (χ3n) is 12.4. The number of carbonyl (C=O) groups excluding carboxylic acids is 4. The molecule has 0 aromatic heterocycles. The normalized spacial score (nSPS) is 32.1. The summed E-state index contributed by atoms with van der Waals surface area (Å²) in [4.78, 5) is 51.5. The molecular weight excluding hydrogens is 713 g/mol. The highest BCUT2D eigenvalue weighted by Gasteiger charge is 2.66. The first-order valence-corrected chi connectivity index (χ1v) is 19.2. The fourth-order valence-corrected chi connectivity index (χ4v) is 10.2. The highest BCUT2D eigenvalue weighted by atomic mass is 32.2. The minimum absolute atomic E-state index is 0.0373. The Hall–Kier alpha value is -2.78. The molecule has 0 radical (unpaired) electrons. The van der Waals surface area contributed by atoms with Gasteiger partial charge in [-0.1, -0.05) is 51.1 Å².